The van der Waals surface area contributed by atoms with E-state index in [1.165, 1.54) is 12.1 Å². The van der Waals surface area contributed by atoms with E-state index in [-0.39, 0.29) is 11.7 Å². The molecule has 90 valence electrons. The molecule has 0 aromatic heterocycles. The highest BCUT2D eigenvalue weighted by Crippen LogP contribution is 2.08. The Bertz CT molecular complexity index is 450. The first-order valence-corrected chi connectivity index (χ1v) is 5.45. The number of nitrogens with one attached hydrogen (secondary N) is 1. The molecule has 0 heterocycles. The van der Waals surface area contributed by atoms with Crippen molar-refractivity contribution in [3.05, 3.63) is 59.4 Å². The molecule has 0 spiro atoms. The maximum absolute atomic E-state index is 13.2. The maximum atomic E-state index is 13.2. The zero-order chi connectivity index (χ0) is 12.7. The number of amides is 1. The first kappa shape index (κ1) is 13.2. The normalized spacial score (nSPS) is 11.2. The van der Waals surface area contributed by atoms with E-state index < -0.39 is 0 Å². The molecule has 0 saturated heterocycles. The van der Waals surface area contributed by atoms with E-state index in [2.05, 4.69) is 5.32 Å². The van der Waals surface area contributed by atoms with Crippen molar-refractivity contribution in [2.45, 2.75) is 20.4 Å². The summed E-state index contributed by atoms with van der Waals surface area (Å²) < 4.78 is 13.2. The van der Waals surface area contributed by atoms with E-state index in [4.69, 9.17) is 0 Å². The van der Waals surface area contributed by atoms with Gasteiger partial charge in [0.05, 0.1) is 0 Å². The number of aryl methyl sites for hydroxylation is 1. The summed E-state index contributed by atoms with van der Waals surface area (Å²) in [6, 6.07) is 4.94. The largest absolute Gasteiger partial charge is 0.348 e. The number of carbonyl (C=O) groups is 1. The molecule has 0 aliphatic heterocycles. The summed E-state index contributed by atoms with van der Waals surface area (Å²) in [4.78, 5) is 11.3. The number of carbonyl (C=O) groups excluding carboxylic acids is 1. The lowest BCUT2D eigenvalue weighted by Crippen LogP contribution is -2.20. The first-order chi connectivity index (χ1) is 8.13. The average Bonchev–Trinajstić information content (AvgIpc) is 2.31. The average molecular weight is 233 g/mol. The van der Waals surface area contributed by atoms with Gasteiger partial charge in [-0.3, -0.25) is 4.79 Å². The third kappa shape index (κ3) is 4.64. The molecular formula is C14H16FNO. The summed E-state index contributed by atoms with van der Waals surface area (Å²) in [6.07, 6.45) is 6.69. The lowest BCUT2D eigenvalue weighted by atomic mass is 10.1. The van der Waals surface area contributed by atoms with E-state index in [0.717, 1.165) is 5.56 Å². The summed E-state index contributed by atoms with van der Waals surface area (Å²) in [7, 11) is 0. The van der Waals surface area contributed by atoms with Crippen LogP contribution in [0.15, 0.2) is 42.5 Å². The number of benzene rings is 1. The third-order valence-corrected chi connectivity index (χ3v) is 2.25. The SMILES string of the molecule is CC=CC=CC(=O)NCc1ccc(C)c(F)c1. The van der Waals surface area contributed by atoms with Gasteiger partial charge in [-0.25, -0.2) is 4.39 Å². The Hall–Kier alpha value is -1.90. The highest BCUT2D eigenvalue weighted by atomic mass is 19.1. The molecule has 0 saturated carbocycles. The van der Waals surface area contributed by atoms with Gasteiger partial charge in [0.2, 0.25) is 5.91 Å². The lowest BCUT2D eigenvalue weighted by molar-refractivity contribution is -0.116. The smallest absolute Gasteiger partial charge is 0.244 e. The Morgan fingerprint density at radius 2 is 2.18 bits per heavy atom. The maximum Gasteiger partial charge on any atom is 0.244 e. The van der Waals surface area contributed by atoms with Crippen LogP contribution in [0.3, 0.4) is 0 Å². The Morgan fingerprint density at radius 3 is 2.82 bits per heavy atom. The highest BCUT2D eigenvalue weighted by molar-refractivity contribution is 5.87. The second-order valence-electron chi connectivity index (χ2n) is 3.69. The number of hydrogen-bond acceptors (Lipinski definition) is 1. The highest BCUT2D eigenvalue weighted by Gasteiger charge is 2.00. The van der Waals surface area contributed by atoms with Gasteiger partial charge in [-0.1, -0.05) is 30.4 Å². The molecule has 3 heteroatoms. The quantitative estimate of drug-likeness (QED) is 0.628. The Kier molecular flexibility index (Phi) is 5.14. The van der Waals surface area contributed by atoms with Crippen molar-refractivity contribution < 1.29 is 9.18 Å². The van der Waals surface area contributed by atoms with E-state index >= 15 is 0 Å². The van der Waals surface area contributed by atoms with Crippen molar-refractivity contribution in [3.63, 3.8) is 0 Å². The summed E-state index contributed by atoms with van der Waals surface area (Å²) in [5.41, 5.74) is 1.36. The van der Waals surface area contributed by atoms with Crippen molar-refractivity contribution in [1.82, 2.24) is 5.32 Å². The van der Waals surface area contributed by atoms with Gasteiger partial charge in [0.25, 0.3) is 0 Å². The zero-order valence-electron chi connectivity index (χ0n) is 10.0. The van der Waals surface area contributed by atoms with Crippen molar-refractivity contribution in [2.24, 2.45) is 0 Å². The predicted molar refractivity (Wildman–Crippen MR) is 66.9 cm³/mol. The van der Waals surface area contributed by atoms with Crippen molar-refractivity contribution >= 4 is 5.91 Å². The van der Waals surface area contributed by atoms with Gasteiger partial charge in [0.15, 0.2) is 0 Å². The molecule has 0 atom stereocenters. The van der Waals surface area contributed by atoms with Crippen molar-refractivity contribution in [3.8, 4) is 0 Å². The second kappa shape index (κ2) is 6.63. The molecule has 1 N–H and O–H groups in total. The van der Waals surface area contributed by atoms with E-state index in [9.17, 15) is 9.18 Å². The van der Waals surface area contributed by atoms with Crippen LogP contribution in [-0.4, -0.2) is 5.91 Å². The van der Waals surface area contributed by atoms with Gasteiger partial charge in [0.1, 0.15) is 5.82 Å². The van der Waals surface area contributed by atoms with Gasteiger partial charge in [-0.2, -0.15) is 0 Å². The van der Waals surface area contributed by atoms with Crippen molar-refractivity contribution in [2.75, 3.05) is 0 Å². The van der Waals surface area contributed by atoms with Crippen LogP contribution in [0, 0.1) is 12.7 Å². The fraction of sp³-hybridized carbons (Fsp3) is 0.214. The molecule has 17 heavy (non-hydrogen) atoms. The van der Waals surface area contributed by atoms with Gasteiger partial charge in [0, 0.05) is 12.6 Å². The predicted octanol–water partition coefficient (Wildman–Crippen LogP) is 2.88. The molecule has 0 aliphatic rings. The van der Waals surface area contributed by atoms with Gasteiger partial charge in [-0.15, -0.1) is 0 Å². The van der Waals surface area contributed by atoms with E-state index in [1.807, 2.05) is 13.0 Å². The zero-order valence-corrected chi connectivity index (χ0v) is 10.0. The summed E-state index contributed by atoms with van der Waals surface area (Å²) >= 11 is 0. The van der Waals surface area contributed by atoms with Gasteiger partial charge in [-0.05, 0) is 31.0 Å². The fourth-order valence-corrected chi connectivity index (χ4v) is 1.25. The van der Waals surface area contributed by atoms with Gasteiger partial charge < -0.3 is 5.32 Å². The summed E-state index contributed by atoms with van der Waals surface area (Å²) in [6.45, 7) is 3.91. The van der Waals surface area contributed by atoms with Gasteiger partial charge >= 0.3 is 0 Å². The molecule has 0 fully saturated rings. The molecule has 0 radical (unpaired) electrons. The van der Waals surface area contributed by atoms with Crippen LogP contribution >= 0.6 is 0 Å². The minimum atomic E-state index is -0.249. The Balaban J connectivity index is 2.50. The molecule has 0 bridgehead atoms. The van der Waals surface area contributed by atoms with E-state index in [1.54, 1.807) is 31.2 Å². The van der Waals surface area contributed by atoms with Crippen LogP contribution in [0.4, 0.5) is 4.39 Å². The second-order valence-corrected chi connectivity index (χ2v) is 3.69. The van der Waals surface area contributed by atoms with Crippen molar-refractivity contribution in [1.29, 1.82) is 0 Å². The molecule has 1 aromatic carbocycles. The standard InChI is InChI=1S/C14H16FNO/c1-3-4-5-6-14(17)16-10-12-8-7-11(2)13(15)9-12/h3-9H,10H2,1-2H3,(H,16,17). The molecule has 1 rings (SSSR count). The third-order valence-electron chi connectivity index (χ3n) is 2.25. The summed E-state index contributed by atoms with van der Waals surface area (Å²) in [5, 5.41) is 2.68. The number of hydrogen-bond donors (Lipinski definition) is 1. The van der Waals surface area contributed by atoms with Crippen LogP contribution in [0.25, 0.3) is 0 Å². The van der Waals surface area contributed by atoms with Crippen LogP contribution in [0.1, 0.15) is 18.1 Å². The topological polar surface area (TPSA) is 29.1 Å². The number of halogens is 1. The van der Waals surface area contributed by atoms with E-state index in [0.29, 0.717) is 12.1 Å². The molecule has 1 aromatic rings. The van der Waals surface area contributed by atoms with Crippen LogP contribution in [0.5, 0.6) is 0 Å². The molecule has 0 unspecified atom stereocenters. The molecule has 2 nitrogen and oxygen atoms in total. The Morgan fingerprint density at radius 1 is 1.41 bits per heavy atom. The number of rotatable bonds is 4. The Labute approximate surface area is 101 Å². The molecule has 1 amide bonds. The monoisotopic (exact) mass is 233 g/mol. The summed E-state index contributed by atoms with van der Waals surface area (Å²) in [5.74, 6) is -0.440. The number of allylic oxidation sites excluding steroid dienone is 3. The fourth-order valence-electron chi connectivity index (χ4n) is 1.25. The van der Waals surface area contributed by atoms with Crippen LogP contribution in [0.2, 0.25) is 0 Å². The molecule has 0 aliphatic carbocycles. The van der Waals surface area contributed by atoms with Crippen LogP contribution < -0.4 is 5.32 Å². The molecular weight excluding hydrogens is 217 g/mol. The first-order valence-electron chi connectivity index (χ1n) is 5.45. The lowest BCUT2D eigenvalue weighted by Gasteiger charge is -2.04. The minimum Gasteiger partial charge on any atom is -0.348 e. The minimum absolute atomic E-state index is 0.191. The van der Waals surface area contributed by atoms with Crippen LogP contribution in [-0.2, 0) is 11.3 Å².